The van der Waals surface area contributed by atoms with Gasteiger partial charge in [0.1, 0.15) is 5.75 Å². The fourth-order valence-corrected chi connectivity index (χ4v) is 2.98. The summed E-state index contributed by atoms with van der Waals surface area (Å²) in [5.74, 6) is 0.668. The molecule has 0 heterocycles. The van der Waals surface area contributed by atoms with Crippen LogP contribution in [0.2, 0.25) is 5.02 Å². The Morgan fingerprint density at radius 1 is 1.43 bits per heavy atom. The average Bonchev–Trinajstić information content (AvgIpc) is 2.48. The summed E-state index contributed by atoms with van der Waals surface area (Å²) in [6.07, 6.45) is 3.74. The molecule has 2 rings (SSSR count). The van der Waals surface area contributed by atoms with Crippen LogP contribution in [0.5, 0.6) is 5.75 Å². The first-order valence-electron chi connectivity index (χ1n) is 7.40. The van der Waals surface area contributed by atoms with Crippen LogP contribution in [0.15, 0.2) is 18.2 Å². The number of nitrogens with one attached hydrogen (secondary N) is 1. The van der Waals surface area contributed by atoms with Crippen LogP contribution in [0.3, 0.4) is 0 Å². The highest BCUT2D eigenvalue weighted by Crippen LogP contribution is 2.32. The Balaban J connectivity index is 2.02. The zero-order valence-corrected chi connectivity index (χ0v) is 13.3. The SMILES string of the molecule is CCOC(=O)C1CCCC(Nc2cc(Cl)ccc2OC)C1. The molecule has 0 bridgehead atoms. The molecule has 1 fully saturated rings. The number of halogens is 1. The summed E-state index contributed by atoms with van der Waals surface area (Å²) in [6.45, 7) is 2.28. The molecular formula is C16H22ClNO3. The van der Waals surface area contributed by atoms with Gasteiger partial charge in [-0.15, -0.1) is 0 Å². The first-order chi connectivity index (χ1) is 10.1. The van der Waals surface area contributed by atoms with Crippen molar-refractivity contribution in [3.63, 3.8) is 0 Å². The van der Waals surface area contributed by atoms with Gasteiger partial charge in [0.25, 0.3) is 0 Å². The lowest BCUT2D eigenvalue weighted by molar-refractivity contribution is -0.149. The molecule has 0 saturated heterocycles. The molecule has 1 aromatic carbocycles. The Labute approximate surface area is 130 Å². The maximum absolute atomic E-state index is 11.9. The minimum atomic E-state index is -0.0814. The number of carbonyl (C=O) groups is 1. The van der Waals surface area contributed by atoms with Crippen molar-refractivity contribution in [2.45, 2.75) is 38.6 Å². The molecule has 1 N–H and O–H groups in total. The van der Waals surface area contributed by atoms with Crippen LogP contribution in [-0.4, -0.2) is 25.7 Å². The minimum Gasteiger partial charge on any atom is -0.495 e. The highest BCUT2D eigenvalue weighted by Gasteiger charge is 2.28. The van der Waals surface area contributed by atoms with E-state index in [-0.39, 0.29) is 17.9 Å². The molecule has 0 spiro atoms. The van der Waals surface area contributed by atoms with Crippen molar-refractivity contribution in [1.29, 1.82) is 0 Å². The van der Waals surface area contributed by atoms with Crippen LogP contribution in [0.25, 0.3) is 0 Å². The van der Waals surface area contributed by atoms with Crippen LogP contribution in [-0.2, 0) is 9.53 Å². The van der Waals surface area contributed by atoms with Crippen molar-refractivity contribution in [2.24, 2.45) is 5.92 Å². The smallest absolute Gasteiger partial charge is 0.308 e. The monoisotopic (exact) mass is 311 g/mol. The van der Waals surface area contributed by atoms with E-state index in [9.17, 15) is 4.79 Å². The largest absolute Gasteiger partial charge is 0.495 e. The second kappa shape index (κ2) is 7.55. The second-order valence-corrected chi connectivity index (χ2v) is 5.74. The fraction of sp³-hybridized carbons (Fsp3) is 0.562. The number of rotatable bonds is 5. The van der Waals surface area contributed by atoms with Gasteiger partial charge in [-0.25, -0.2) is 0 Å². The van der Waals surface area contributed by atoms with E-state index in [1.807, 2.05) is 19.1 Å². The zero-order valence-electron chi connectivity index (χ0n) is 12.5. The molecule has 1 saturated carbocycles. The van der Waals surface area contributed by atoms with Gasteiger partial charge in [-0.1, -0.05) is 18.0 Å². The summed E-state index contributed by atoms with van der Waals surface area (Å²) >= 11 is 6.04. The van der Waals surface area contributed by atoms with E-state index in [1.54, 1.807) is 13.2 Å². The number of methoxy groups -OCH3 is 1. The first kappa shape index (κ1) is 16.0. The van der Waals surface area contributed by atoms with E-state index in [0.717, 1.165) is 37.1 Å². The summed E-state index contributed by atoms with van der Waals surface area (Å²) in [6, 6.07) is 5.74. The fourth-order valence-electron chi connectivity index (χ4n) is 2.81. The summed E-state index contributed by atoms with van der Waals surface area (Å²) in [4.78, 5) is 11.9. The predicted molar refractivity (Wildman–Crippen MR) is 84.0 cm³/mol. The van der Waals surface area contributed by atoms with Gasteiger partial charge in [0.2, 0.25) is 0 Å². The van der Waals surface area contributed by atoms with Crippen molar-refractivity contribution < 1.29 is 14.3 Å². The van der Waals surface area contributed by atoms with E-state index < -0.39 is 0 Å². The number of hydrogen-bond acceptors (Lipinski definition) is 4. The summed E-state index contributed by atoms with van der Waals surface area (Å²) in [7, 11) is 1.64. The molecule has 1 aliphatic carbocycles. The lowest BCUT2D eigenvalue weighted by Gasteiger charge is -2.29. The lowest BCUT2D eigenvalue weighted by Crippen LogP contribution is -2.32. The third-order valence-corrected chi connectivity index (χ3v) is 4.05. The van der Waals surface area contributed by atoms with Crippen LogP contribution >= 0.6 is 11.6 Å². The molecule has 5 heteroatoms. The van der Waals surface area contributed by atoms with E-state index in [4.69, 9.17) is 21.1 Å². The second-order valence-electron chi connectivity index (χ2n) is 5.30. The lowest BCUT2D eigenvalue weighted by atomic mass is 9.85. The Bertz CT molecular complexity index is 492. The van der Waals surface area contributed by atoms with Gasteiger partial charge < -0.3 is 14.8 Å². The van der Waals surface area contributed by atoms with Gasteiger partial charge in [0.15, 0.2) is 0 Å². The van der Waals surface area contributed by atoms with Crippen molar-refractivity contribution in [1.82, 2.24) is 0 Å². The van der Waals surface area contributed by atoms with Crippen LogP contribution in [0.4, 0.5) is 5.69 Å². The zero-order chi connectivity index (χ0) is 15.2. The Kier molecular flexibility index (Phi) is 5.74. The standard InChI is InChI=1S/C16H22ClNO3/c1-3-21-16(19)11-5-4-6-13(9-11)18-14-10-12(17)7-8-15(14)20-2/h7-8,10-11,13,18H,3-6,9H2,1-2H3. The molecule has 4 nitrogen and oxygen atoms in total. The van der Waals surface area contributed by atoms with Gasteiger partial charge >= 0.3 is 5.97 Å². The highest BCUT2D eigenvalue weighted by molar-refractivity contribution is 6.30. The summed E-state index contributed by atoms with van der Waals surface area (Å²) in [5, 5.41) is 4.11. The van der Waals surface area contributed by atoms with Crippen molar-refractivity contribution in [2.75, 3.05) is 19.0 Å². The third-order valence-electron chi connectivity index (χ3n) is 3.82. The predicted octanol–water partition coefficient (Wildman–Crippen LogP) is 3.88. The quantitative estimate of drug-likeness (QED) is 0.838. The maximum atomic E-state index is 11.9. The molecule has 0 aliphatic heterocycles. The molecule has 2 atom stereocenters. The molecular weight excluding hydrogens is 290 g/mol. The topological polar surface area (TPSA) is 47.6 Å². The number of esters is 1. The molecule has 0 radical (unpaired) electrons. The van der Waals surface area contributed by atoms with Gasteiger partial charge in [0, 0.05) is 11.1 Å². The molecule has 116 valence electrons. The van der Waals surface area contributed by atoms with Crippen LogP contribution in [0.1, 0.15) is 32.6 Å². The first-order valence-corrected chi connectivity index (χ1v) is 7.78. The van der Waals surface area contributed by atoms with E-state index in [0.29, 0.717) is 11.6 Å². The number of ether oxygens (including phenoxy) is 2. The molecule has 2 unspecified atom stereocenters. The van der Waals surface area contributed by atoms with Gasteiger partial charge in [-0.3, -0.25) is 4.79 Å². The third kappa shape index (κ3) is 4.27. The Hall–Kier alpha value is -1.42. The van der Waals surface area contributed by atoms with E-state index in [2.05, 4.69) is 5.32 Å². The summed E-state index contributed by atoms with van der Waals surface area (Å²) in [5.41, 5.74) is 0.875. The molecule has 1 aromatic rings. The Morgan fingerprint density at radius 3 is 2.95 bits per heavy atom. The van der Waals surface area contributed by atoms with Gasteiger partial charge in [-0.2, -0.15) is 0 Å². The van der Waals surface area contributed by atoms with Crippen LogP contribution in [0, 0.1) is 5.92 Å². The Morgan fingerprint density at radius 2 is 2.24 bits per heavy atom. The molecule has 1 aliphatic rings. The van der Waals surface area contributed by atoms with Gasteiger partial charge in [-0.05, 0) is 44.4 Å². The number of hydrogen-bond donors (Lipinski definition) is 1. The van der Waals surface area contributed by atoms with E-state index >= 15 is 0 Å². The highest BCUT2D eigenvalue weighted by atomic mass is 35.5. The normalized spacial score (nSPS) is 21.7. The molecule has 0 amide bonds. The van der Waals surface area contributed by atoms with Crippen molar-refractivity contribution in [3.8, 4) is 5.75 Å². The minimum absolute atomic E-state index is 0.0126. The van der Waals surface area contributed by atoms with Gasteiger partial charge in [0.05, 0.1) is 25.3 Å². The van der Waals surface area contributed by atoms with E-state index in [1.165, 1.54) is 0 Å². The van der Waals surface area contributed by atoms with Crippen LogP contribution < -0.4 is 10.1 Å². The van der Waals surface area contributed by atoms with Crippen molar-refractivity contribution in [3.05, 3.63) is 23.2 Å². The number of benzene rings is 1. The molecule has 0 aromatic heterocycles. The average molecular weight is 312 g/mol. The molecule has 21 heavy (non-hydrogen) atoms. The summed E-state index contributed by atoms with van der Waals surface area (Å²) < 4.78 is 10.5. The number of carbonyl (C=O) groups excluding carboxylic acids is 1. The van der Waals surface area contributed by atoms with Crippen molar-refractivity contribution >= 4 is 23.3 Å². The number of anilines is 1. The maximum Gasteiger partial charge on any atom is 0.308 e.